The van der Waals surface area contributed by atoms with Crippen LogP contribution in [0, 0.1) is 0 Å². The van der Waals surface area contributed by atoms with Gasteiger partial charge in [0.05, 0.1) is 17.1 Å². The lowest BCUT2D eigenvalue weighted by Gasteiger charge is -2.12. The first-order valence-electron chi connectivity index (χ1n) is 9.21. The van der Waals surface area contributed by atoms with Crippen molar-refractivity contribution in [2.24, 2.45) is 0 Å². The summed E-state index contributed by atoms with van der Waals surface area (Å²) in [5.41, 5.74) is 3.80. The SMILES string of the molecule is CC(NC(=O)c1ccc(SCc2ccccc2)cc1)c1nc2ccccc2[nH]1. The van der Waals surface area contributed by atoms with Crippen molar-refractivity contribution in [3.8, 4) is 0 Å². The van der Waals surface area contributed by atoms with Crippen LogP contribution in [0.25, 0.3) is 11.0 Å². The Balaban J connectivity index is 1.37. The minimum Gasteiger partial charge on any atom is -0.342 e. The van der Waals surface area contributed by atoms with E-state index < -0.39 is 0 Å². The molecule has 0 fully saturated rings. The minimum absolute atomic E-state index is 0.104. The van der Waals surface area contributed by atoms with Crippen molar-refractivity contribution >= 4 is 28.7 Å². The van der Waals surface area contributed by atoms with E-state index in [1.807, 2.05) is 73.7 Å². The van der Waals surface area contributed by atoms with E-state index in [1.54, 1.807) is 11.8 Å². The zero-order valence-electron chi connectivity index (χ0n) is 15.6. The summed E-state index contributed by atoms with van der Waals surface area (Å²) < 4.78 is 0. The zero-order chi connectivity index (χ0) is 19.3. The van der Waals surface area contributed by atoms with Crippen molar-refractivity contribution in [1.29, 1.82) is 0 Å². The molecular weight excluding hydrogens is 366 g/mol. The van der Waals surface area contributed by atoms with Gasteiger partial charge in [-0.15, -0.1) is 11.8 Å². The Bertz CT molecular complexity index is 1040. The number of aromatic amines is 1. The Labute approximate surface area is 168 Å². The first kappa shape index (κ1) is 18.3. The predicted molar refractivity (Wildman–Crippen MR) is 114 cm³/mol. The molecule has 0 aliphatic carbocycles. The molecule has 4 nitrogen and oxygen atoms in total. The molecule has 28 heavy (non-hydrogen) atoms. The van der Waals surface area contributed by atoms with Crippen molar-refractivity contribution in [2.45, 2.75) is 23.6 Å². The Morgan fingerprint density at radius 1 is 1.00 bits per heavy atom. The highest BCUT2D eigenvalue weighted by Crippen LogP contribution is 2.23. The number of aromatic nitrogens is 2. The topological polar surface area (TPSA) is 57.8 Å². The molecule has 0 spiro atoms. The summed E-state index contributed by atoms with van der Waals surface area (Å²) in [6.07, 6.45) is 0. The lowest BCUT2D eigenvalue weighted by molar-refractivity contribution is 0.0938. The number of fused-ring (bicyclic) bond motifs is 1. The number of nitrogens with zero attached hydrogens (tertiary/aromatic N) is 1. The fraction of sp³-hybridized carbons (Fsp3) is 0.130. The number of rotatable bonds is 6. The van der Waals surface area contributed by atoms with E-state index >= 15 is 0 Å². The number of hydrogen-bond donors (Lipinski definition) is 2. The average Bonchev–Trinajstić information content (AvgIpc) is 3.18. The normalized spacial score (nSPS) is 12.0. The first-order chi connectivity index (χ1) is 13.7. The number of H-pyrrole nitrogens is 1. The molecule has 1 heterocycles. The molecule has 4 rings (SSSR count). The van der Waals surface area contributed by atoms with Crippen LogP contribution in [0.3, 0.4) is 0 Å². The predicted octanol–water partition coefficient (Wildman–Crippen LogP) is 5.35. The van der Waals surface area contributed by atoms with Crippen LogP contribution in [0.5, 0.6) is 0 Å². The molecule has 4 aromatic rings. The largest absolute Gasteiger partial charge is 0.342 e. The monoisotopic (exact) mass is 387 g/mol. The molecule has 140 valence electrons. The van der Waals surface area contributed by atoms with E-state index in [1.165, 1.54) is 5.56 Å². The first-order valence-corrected chi connectivity index (χ1v) is 10.2. The molecule has 2 N–H and O–H groups in total. The molecule has 0 bridgehead atoms. The summed E-state index contributed by atoms with van der Waals surface area (Å²) in [6, 6.07) is 25.7. The second-order valence-corrected chi connectivity index (χ2v) is 7.68. The highest BCUT2D eigenvalue weighted by Gasteiger charge is 2.14. The number of amides is 1. The molecule has 1 amide bonds. The number of nitrogens with one attached hydrogen (secondary N) is 2. The molecule has 0 saturated carbocycles. The van der Waals surface area contributed by atoms with Gasteiger partial charge in [0.1, 0.15) is 5.82 Å². The van der Waals surface area contributed by atoms with Gasteiger partial charge in [-0.3, -0.25) is 4.79 Å². The van der Waals surface area contributed by atoms with Crippen LogP contribution in [-0.4, -0.2) is 15.9 Å². The molecule has 0 saturated heterocycles. The third kappa shape index (κ3) is 4.26. The maximum Gasteiger partial charge on any atom is 0.251 e. The number of imidazole rings is 1. The van der Waals surface area contributed by atoms with E-state index in [0.29, 0.717) is 5.56 Å². The average molecular weight is 388 g/mol. The third-order valence-corrected chi connectivity index (χ3v) is 5.61. The molecule has 1 unspecified atom stereocenters. The Hall–Kier alpha value is -3.05. The van der Waals surface area contributed by atoms with E-state index in [9.17, 15) is 4.79 Å². The van der Waals surface area contributed by atoms with E-state index in [-0.39, 0.29) is 11.9 Å². The fourth-order valence-corrected chi connectivity index (χ4v) is 3.82. The third-order valence-electron chi connectivity index (χ3n) is 4.53. The maximum atomic E-state index is 12.6. The number of carbonyl (C=O) groups excluding carboxylic acids is 1. The molecular formula is C23H21N3OS. The van der Waals surface area contributed by atoms with Crippen LogP contribution >= 0.6 is 11.8 Å². The van der Waals surface area contributed by atoms with Crippen LogP contribution in [0.4, 0.5) is 0 Å². The number of hydrogen-bond acceptors (Lipinski definition) is 3. The summed E-state index contributed by atoms with van der Waals surface area (Å²) in [6.45, 7) is 1.93. The van der Waals surface area contributed by atoms with Crippen LogP contribution < -0.4 is 5.32 Å². The number of carbonyl (C=O) groups is 1. The van der Waals surface area contributed by atoms with E-state index in [4.69, 9.17) is 0 Å². The Morgan fingerprint density at radius 2 is 1.71 bits per heavy atom. The van der Waals surface area contributed by atoms with Gasteiger partial charge in [0.15, 0.2) is 0 Å². The Morgan fingerprint density at radius 3 is 2.46 bits per heavy atom. The minimum atomic E-state index is -0.202. The summed E-state index contributed by atoms with van der Waals surface area (Å²) >= 11 is 1.76. The van der Waals surface area contributed by atoms with Gasteiger partial charge >= 0.3 is 0 Å². The number of thioether (sulfide) groups is 1. The second-order valence-electron chi connectivity index (χ2n) is 6.63. The van der Waals surface area contributed by atoms with Gasteiger partial charge in [-0.25, -0.2) is 4.98 Å². The van der Waals surface area contributed by atoms with Gasteiger partial charge in [0.2, 0.25) is 0 Å². The number of benzene rings is 3. The summed E-state index contributed by atoms with van der Waals surface area (Å²) in [7, 11) is 0. The molecule has 5 heteroatoms. The van der Waals surface area contributed by atoms with Crippen LogP contribution in [0.2, 0.25) is 0 Å². The van der Waals surface area contributed by atoms with Crippen LogP contribution in [0.1, 0.15) is 34.7 Å². The molecule has 1 aromatic heterocycles. The van der Waals surface area contributed by atoms with Crippen LogP contribution in [-0.2, 0) is 5.75 Å². The molecule has 0 radical (unpaired) electrons. The van der Waals surface area contributed by atoms with Crippen LogP contribution in [0.15, 0.2) is 83.8 Å². The van der Waals surface area contributed by atoms with Gasteiger partial charge in [-0.2, -0.15) is 0 Å². The standard InChI is InChI=1S/C23H21N3OS/c1-16(22-25-20-9-5-6-10-21(20)26-22)24-23(27)18-11-13-19(14-12-18)28-15-17-7-3-2-4-8-17/h2-14,16H,15H2,1H3,(H,24,27)(H,25,26). The van der Waals surface area contributed by atoms with Gasteiger partial charge < -0.3 is 10.3 Å². The maximum absolute atomic E-state index is 12.6. The fourth-order valence-electron chi connectivity index (χ4n) is 2.97. The molecule has 3 aromatic carbocycles. The van der Waals surface area contributed by atoms with Crippen molar-refractivity contribution in [1.82, 2.24) is 15.3 Å². The zero-order valence-corrected chi connectivity index (χ0v) is 16.4. The van der Waals surface area contributed by atoms with E-state index in [2.05, 4.69) is 27.4 Å². The van der Waals surface area contributed by atoms with Gasteiger partial charge in [0.25, 0.3) is 5.91 Å². The second kappa shape index (κ2) is 8.31. The molecule has 0 aliphatic heterocycles. The van der Waals surface area contributed by atoms with Crippen molar-refractivity contribution in [2.75, 3.05) is 0 Å². The highest BCUT2D eigenvalue weighted by atomic mass is 32.2. The van der Waals surface area contributed by atoms with Gasteiger partial charge in [-0.1, -0.05) is 42.5 Å². The summed E-state index contributed by atoms with van der Waals surface area (Å²) in [5, 5.41) is 3.01. The lowest BCUT2D eigenvalue weighted by Crippen LogP contribution is -2.27. The van der Waals surface area contributed by atoms with Crippen molar-refractivity contribution < 1.29 is 4.79 Å². The van der Waals surface area contributed by atoms with Crippen molar-refractivity contribution in [3.63, 3.8) is 0 Å². The summed E-state index contributed by atoms with van der Waals surface area (Å²) in [5.74, 6) is 1.56. The number of para-hydroxylation sites is 2. The summed E-state index contributed by atoms with van der Waals surface area (Å²) in [4.78, 5) is 21.5. The Kier molecular flexibility index (Phi) is 5.44. The quantitative estimate of drug-likeness (QED) is 0.439. The highest BCUT2D eigenvalue weighted by molar-refractivity contribution is 7.98. The van der Waals surface area contributed by atoms with Crippen molar-refractivity contribution in [3.05, 3.63) is 95.8 Å². The van der Waals surface area contributed by atoms with Gasteiger partial charge in [0, 0.05) is 16.2 Å². The van der Waals surface area contributed by atoms with E-state index in [0.717, 1.165) is 27.5 Å². The molecule has 1 atom stereocenters. The molecule has 0 aliphatic rings. The lowest BCUT2D eigenvalue weighted by atomic mass is 10.2. The smallest absolute Gasteiger partial charge is 0.251 e. The van der Waals surface area contributed by atoms with Gasteiger partial charge in [-0.05, 0) is 48.9 Å².